The summed E-state index contributed by atoms with van der Waals surface area (Å²) < 4.78 is 18.3. The third kappa shape index (κ3) is 5.73. The van der Waals surface area contributed by atoms with Crippen LogP contribution in [0.15, 0.2) is 95.9 Å². The number of furan rings is 1. The summed E-state index contributed by atoms with van der Waals surface area (Å²) in [6.45, 7) is 4.70. The highest BCUT2D eigenvalue weighted by atomic mass is 16.5. The van der Waals surface area contributed by atoms with Crippen molar-refractivity contribution >= 4 is 11.0 Å². The Labute approximate surface area is 210 Å². The summed E-state index contributed by atoms with van der Waals surface area (Å²) in [7, 11) is 0. The Morgan fingerprint density at radius 2 is 1.67 bits per heavy atom. The van der Waals surface area contributed by atoms with Gasteiger partial charge >= 0.3 is 0 Å². The summed E-state index contributed by atoms with van der Waals surface area (Å²) in [6.07, 6.45) is 8.19. The molecule has 3 aromatic heterocycles. The highest BCUT2D eigenvalue weighted by molar-refractivity contribution is 5.88. The van der Waals surface area contributed by atoms with E-state index in [2.05, 4.69) is 28.3 Å². The number of pyridine rings is 2. The molecule has 0 fully saturated rings. The van der Waals surface area contributed by atoms with E-state index < -0.39 is 0 Å². The Morgan fingerprint density at radius 3 is 2.44 bits per heavy atom. The number of nitrogens with zero attached hydrogens (tertiary/aromatic N) is 2. The van der Waals surface area contributed by atoms with Gasteiger partial charge in [-0.2, -0.15) is 0 Å². The van der Waals surface area contributed by atoms with Crippen molar-refractivity contribution in [1.82, 2.24) is 15.3 Å². The monoisotopic (exact) mass is 479 g/mol. The molecule has 0 radical (unpaired) electrons. The van der Waals surface area contributed by atoms with Crippen LogP contribution in [-0.2, 0) is 13.2 Å². The lowest BCUT2D eigenvalue weighted by molar-refractivity contribution is 0.273. The number of ether oxygens (including phenoxy) is 2. The molecule has 5 aromatic rings. The van der Waals surface area contributed by atoms with Gasteiger partial charge in [-0.1, -0.05) is 30.3 Å². The number of hydrogen-bond donors (Lipinski definition) is 1. The van der Waals surface area contributed by atoms with Crippen LogP contribution in [-0.4, -0.2) is 23.1 Å². The van der Waals surface area contributed by atoms with Crippen molar-refractivity contribution in [1.29, 1.82) is 0 Å². The van der Waals surface area contributed by atoms with Gasteiger partial charge in [-0.25, -0.2) is 0 Å². The summed E-state index contributed by atoms with van der Waals surface area (Å²) >= 11 is 0. The van der Waals surface area contributed by atoms with Gasteiger partial charge in [0.15, 0.2) is 0 Å². The van der Waals surface area contributed by atoms with Crippen molar-refractivity contribution in [2.45, 2.75) is 26.5 Å². The number of fused-ring (bicyclic) bond motifs is 1. The summed E-state index contributed by atoms with van der Waals surface area (Å²) in [4.78, 5) is 8.32. The van der Waals surface area contributed by atoms with Crippen LogP contribution < -0.4 is 14.8 Å². The van der Waals surface area contributed by atoms with Gasteiger partial charge in [-0.05, 0) is 73.0 Å². The number of rotatable bonds is 11. The van der Waals surface area contributed by atoms with Crippen molar-refractivity contribution in [3.63, 3.8) is 0 Å². The molecule has 0 aliphatic heterocycles. The van der Waals surface area contributed by atoms with Gasteiger partial charge in [0, 0.05) is 36.9 Å². The lowest BCUT2D eigenvalue weighted by Gasteiger charge is -2.09. The summed E-state index contributed by atoms with van der Waals surface area (Å²) in [5.41, 5.74) is 5.21. The summed E-state index contributed by atoms with van der Waals surface area (Å²) in [5, 5.41) is 4.43. The molecule has 182 valence electrons. The maximum Gasteiger partial charge on any atom is 0.146 e. The van der Waals surface area contributed by atoms with Crippen molar-refractivity contribution < 1.29 is 13.9 Å². The lowest BCUT2D eigenvalue weighted by atomic mass is 10.1. The highest BCUT2D eigenvalue weighted by Crippen LogP contribution is 2.34. The first kappa shape index (κ1) is 23.6. The summed E-state index contributed by atoms with van der Waals surface area (Å²) in [5.74, 6) is 2.43. The Bertz CT molecular complexity index is 1380. The van der Waals surface area contributed by atoms with Crippen LogP contribution in [0, 0.1) is 6.92 Å². The molecule has 0 aliphatic rings. The second-order valence-corrected chi connectivity index (χ2v) is 8.57. The first-order valence-corrected chi connectivity index (χ1v) is 12.1. The molecule has 0 saturated carbocycles. The fourth-order valence-electron chi connectivity index (χ4n) is 4.11. The number of nitrogens with one attached hydrogen (secondary N) is 1. The Morgan fingerprint density at radius 1 is 0.833 bits per heavy atom. The largest absolute Gasteiger partial charge is 0.493 e. The molecule has 1 N–H and O–H groups in total. The molecule has 0 unspecified atom stereocenters. The van der Waals surface area contributed by atoms with E-state index in [4.69, 9.17) is 13.9 Å². The second kappa shape index (κ2) is 11.5. The first-order valence-electron chi connectivity index (χ1n) is 12.1. The molecular weight excluding hydrogens is 450 g/mol. The van der Waals surface area contributed by atoms with E-state index in [1.807, 2.05) is 73.1 Å². The Balaban J connectivity index is 1.16. The smallest absolute Gasteiger partial charge is 0.146 e. The van der Waals surface area contributed by atoms with Crippen molar-refractivity contribution in [2.24, 2.45) is 0 Å². The van der Waals surface area contributed by atoms with Crippen molar-refractivity contribution in [3.8, 4) is 22.6 Å². The average molecular weight is 480 g/mol. The van der Waals surface area contributed by atoms with Gasteiger partial charge in [0.05, 0.1) is 12.0 Å². The molecule has 2 aromatic carbocycles. The third-order valence-corrected chi connectivity index (χ3v) is 6.04. The van der Waals surface area contributed by atoms with Crippen molar-refractivity contribution in [2.75, 3.05) is 13.2 Å². The standard InChI is InChI=1S/C30H29N3O3/c1-22-29(21-35-26-12-10-24(11-13-26)25-7-4-15-33-20-25)36-28-9-2-8-27(30(22)28)34-17-5-16-32-19-23-6-3-14-31-18-23/h2-4,6-15,18,20,32H,5,16-17,19,21H2,1H3. The molecule has 5 rings (SSSR count). The molecule has 0 bridgehead atoms. The van der Waals surface area contributed by atoms with E-state index in [-0.39, 0.29) is 0 Å². The molecule has 3 heterocycles. The predicted molar refractivity (Wildman–Crippen MR) is 141 cm³/mol. The quantitative estimate of drug-likeness (QED) is 0.223. The molecule has 0 spiro atoms. The zero-order valence-corrected chi connectivity index (χ0v) is 20.3. The second-order valence-electron chi connectivity index (χ2n) is 8.57. The molecule has 0 saturated heterocycles. The third-order valence-electron chi connectivity index (χ3n) is 6.04. The van der Waals surface area contributed by atoms with E-state index in [1.54, 1.807) is 12.4 Å². The minimum absolute atomic E-state index is 0.352. The molecular formula is C30H29N3O3. The Hall–Kier alpha value is -4.16. The molecule has 0 amide bonds. The van der Waals surface area contributed by atoms with Crippen LogP contribution in [0.4, 0.5) is 0 Å². The van der Waals surface area contributed by atoms with E-state index in [0.29, 0.717) is 13.2 Å². The van der Waals surface area contributed by atoms with Crippen LogP contribution in [0.5, 0.6) is 11.5 Å². The number of aromatic nitrogens is 2. The maximum atomic E-state index is 6.13. The van der Waals surface area contributed by atoms with Crippen LogP contribution in [0.2, 0.25) is 0 Å². The molecule has 0 atom stereocenters. The number of aryl methyl sites for hydroxylation is 1. The average Bonchev–Trinajstić information content (AvgIpc) is 3.26. The normalized spacial score (nSPS) is 11.0. The Kier molecular flexibility index (Phi) is 7.54. The fraction of sp³-hybridized carbons (Fsp3) is 0.200. The summed E-state index contributed by atoms with van der Waals surface area (Å²) in [6, 6.07) is 21.9. The maximum absolute atomic E-state index is 6.13. The minimum Gasteiger partial charge on any atom is -0.493 e. The van der Waals surface area contributed by atoms with Crippen LogP contribution in [0.25, 0.3) is 22.1 Å². The van der Waals surface area contributed by atoms with Crippen LogP contribution >= 0.6 is 0 Å². The van der Waals surface area contributed by atoms with Gasteiger partial charge in [0.25, 0.3) is 0 Å². The number of benzene rings is 2. The number of hydrogen-bond acceptors (Lipinski definition) is 6. The fourth-order valence-corrected chi connectivity index (χ4v) is 4.11. The van der Waals surface area contributed by atoms with E-state index >= 15 is 0 Å². The molecule has 0 aliphatic carbocycles. The minimum atomic E-state index is 0.352. The van der Waals surface area contributed by atoms with Crippen LogP contribution in [0.3, 0.4) is 0 Å². The van der Waals surface area contributed by atoms with E-state index in [0.717, 1.165) is 64.4 Å². The van der Waals surface area contributed by atoms with Gasteiger partial charge < -0.3 is 19.2 Å². The zero-order valence-electron chi connectivity index (χ0n) is 20.3. The van der Waals surface area contributed by atoms with E-state index in [9.17, 15) is 0 Å². The van der Waals surface area contributed by atoms with Gasteiger partial charge in [0.1, 0.15) is 29.4 Å². The van der Waals surface area contributed by atoms with E-state index in [1.165, 1.54) is 5.56 Å². The van der Waals surface area contributed by atoms with Gasteiger partial charge in [0.2, 0.25) is 0 Å². The molecule has 6 heteroatoms. The van der Waals surface area contributed by atoms with Gasteiger partial charge in [-0.15, -0.1) is 0 Å². The first-order chi connectivity index (χ1) is 17.8. The molecule has 6 nitrogen and oxygen atoms in total. The van der Waals surface area contributed by atoms with Crippen LogP contribution in [0.1, 0.15) is 23.3 Å². The lowest BCUT2D eigenvalue weighted by Crippen LogP contribution is -2.17. The topological polar surface area (TPSA) is 69.4 Å². The SMILES string of the molecule is Cc1c(COc2ccc(-c3cccnc3)cc2)oc2cccc(OCCCNCc3cccnc3)c12. The predicted octanol–water partition coefficient (Wildman–Crippen LogP) is 6.34. The van der Waals surface area contributed by atoms with Gasteiger partial charge in [-0.3, -0.25) is 9.97 Å². The molecule has 36 heavy (non-hydrogen) atoms. The van der Waals surface area contributed by atoms with Crippen molar-refractivity contribution in [3.05, 3.63) is 108 Å². The zero-order chi connectivity index (χ0) is 24.6. The highest BCUT2D eigenvalue weighted by Gasteiger charge is 2.15.